The van der Waals surface area contributed by atoms with E-state index in [9.17, 15) is 5.11 Å². The zero-order valence-corrected chi connectivity index (χ0v) is 14.0. The Morgan fingerprint density at radius 3 is 2.24 bits per heavy atom. The number of piperazine rings is 1. The molecule has 1 N–H and O–H groups in total. The smallest absolute Gasteiger partial charge is 0.0931 e. The summed E-state index contributed by atoms with van der Waals surface area (Å²) in [4.78, 5) is 4.85. The second-order valence-corrected chi connectivity index (χ2v) is 6.65. The molecule has 1 aromatic carbocycles. The molecule has 0 aromatic heterocycles. The molecule has 118 valence electrons. The van der Waals surface area contributed by atoms with Gasteiger partial charge in [0, 0.05) is 38.6 Å². The molecule has 0 saturated carbocycles. The molecule has 0 aliphatic carbocycles. The molecule has 0 spiro atoms. The van der Waals surface area contributed by atoms with Crippen LogP contribution in [0.5, 0.6) is 0 Å². The van der Waals surface area contributed by atoms with Gasteiger partial charge in [-0.3, -0.25) is 0 Å². The molecule has 1 aromatic rings. The molecule has 2 unspecified atom stereocenters. The van der Waals surface area contributed by atoms with Crippen LogP contribution in [0.15, 0.2) is 24.3 Å². The Balaban J connectivity index is 2.06. The van der Waals surface area contributed by atoms with E-state index in [-0.39, 0.29) is 5.92 Å². The van der Waals surface area contributed by atoms with E-state index in [2.05, 4.69) is 61.9 Å². The summed E-state index contributed by atoms with van der Waals surface area (Å²) in [6.07, 6.45) is 0.755. The van der Waals surface area contributed by atoms with Crippen LogP contribution in [0.4, 0.5) is 0 Å². The van der Waals surface area contributed by atoms with Gasteiger partial charge in [-0.05, 0) is 26.0 Å². The number of nitrogens with zero attached hydrogens (tertiary/aromatic N) is 2. The summed E-state index contributed by atoms with van der Waals surface area (Å²) in [6.45, 7) is 11.8. The summed E-state index contributed by atoms with van der Waals surface area (Å²) in [7, 11) is 2.18. The van der Waals surface area contributed by atoms with Crippen LogP contribution in [-0.4, -0.2) is 54.7 Å². The third-order valence-corrected chi connectivity index (χ3v) is 5.03. The molecule has 2 atom stereocenters. The van der Waals surface area contributed by atoms with Crippen molar-refractivity contribution in [2.45, 2.75) is 32.8 Å². The molecule has 0 amide bonds. The van der Waals surface area contributed by atoms with E-state index in [1.165, 1.54) is 5.56 Å². The van der Waals surface area contributed by atoms with Gasteiger partial charge in [0.1, 0.15) is 0 Å². The van der Waals surface area contributed by atoms with Gasteiger partial charge in [0.05, 0.1) is 5.60 Å². The average Bonchev–Trinajstić information content (AvgIpc) is 2.49. The van der Waals surface area contributed by atoms with E-state index in [1.807, 2.05) is 0 Å². The predicted octanol–water partition coefficient (Wildman–Crippen LogP) is 2.48. The minimum Gasteiger partial charge on any atom is -0.385 e. The normalized spacial score (nSPS) is 22.0. The summed E-state index contributed by atoms with van der Waals surface area (Å²) >= 11 is 0. The van der Waals surface area contributed by atoms with Crippen LogP contribution in [0.1, 0.15) is 31.4 Å². The highest BCUT2D eigenvalue weighted by Gasteiger charge is 2.35. The number of hydrogen-bond donors (Lipinski definition) is 1. The predicted molar refractivity (Wildman–Crippen MR) is 88.5 cm³/mol. The Hall–Kier alpha value is -0.900. The minimum absolute atomic E-state index is 0.230. The Bertz CT molecular complexity index is 437. The highest BCUT2D eigenvalue weighted by Crippen LogP contribution is 2.33. The molecule has 3 heteroatoms. The third-order valence-electron chi connectivity index (χ3n) is 5.03. The molecular formula is C18H30N2O. The maximum Gasteiger partial charge on any atom is 0.0931 e. The second-order valence-electron chi connectivity index (χ2n) is 6.65. The van der Waals surface area contributed by atoms with Crippen molar-refractivity contribution in [2.75, 3.05) is 39.8 Å². The van der Waals surface area contributed by atoms with Gasteiger partial charge in [-0.15, -0.1) is 0 Å². The fraction of sp³-hybridized carbons (Fsp3) is 0.667. The van der Waals surface area contributed by atoms with Crippen LogP contribution in [0.3, 0.4) is 0 Å². The molecule has 0 radical (unpaired) electrons. The topological polar surface area (TPSA) is 26.7 Å². The van der Waals surface area contributed by atoms with Gasteiger partial charge < -0.3 is 14.9 Å². The van der Waals surface area contributed by atoms with Gasteiger partial charge in [-0.2, -0.15) is 0 Å². The third kappa shape index (κ3) is 3.85. The van der Waals surface area contributed by atoms with Crippen LogP contribution < -0.4 is 0 Å². The van der Waals surface area contributed by atoms with E-state index in [4.69, 9.17) is 0 Å². The van der Waals surface area contributed by atoms with Crippen molar-refractivity contribution >= 4 is 0 Å². The van der Waals surface area contributed by atoms with E-state index in [0.29, 0.717) is 0 Å². The maximum absolute atomic E-state index is 11.2. The van der Waals surface area contributed by atoms with Crippen molar-refractivity contribution in [2.24, 2.45) is 5.92 Å². The van der Waals surface area contributed by atoms with Gasteiger partial charge in [0.25, 0.3) is 0 Å². The Morgan fingerprint density at radius 1 is 1.14 bits per heavy atom. The molecule has 1 heterocycles. The molecule has 1 saturated heterocycles. The van der Waals surface area contributed by atoms with Crippen LogP contribution in [0, 0.1) is 12.8 Å². The zero-order valence-electron chi connectivity index (χ0n) is 14.0. The lowest BCUT2D eigenvalue weighted by Crippen LogP contribution is -2.48. The SMILES string of the molecule is CCC(O)(c1ccc(C)cc1)C(C)CN1CCN(C)CC1. The quantitative estimate of drug-likeness (QED) is 0.902. The Morgan fingerprint density at radius 2 is 1.71 bits per heavy atom. The summed E-state index contributed by atoms with van der Waals surface area (Å²) in [5.41, 5.74) is 1.57. The van der Waals surface area contributed by atoms with Gasteiger partial charge in [-0.25, -0.2) is 0 Å². The van der Waals surface area contributed by atoms with Gasteiger partial charge in [-0.1, -0.05) is 43.7 Å². The van der Waals surface area contributed by atoms with E-state index < -0.39 is 5.60 Å². The molecule has 1 aliphatic heterocycles. The fourth-order valence-electron chi connectivity index (χ4n) is 3.25. The first-order valence-electron chi connectivity index (χ1n) is 8.16. The van der Waals surface area contributed by atoms with Gasteiger partial charge >= 0.3 is 0 Å². The molecule has 1 fully saturated rings. The van der Waals surface area contributed by atoms with Crippen LogP contribution in [0.2, 0.25) is 0 Å². The van der Waals surface area contributed by atoms with Crippen molar-refractivity contribution in [1.29, 1.82) is 0 Å². The maximum atomic E-state index is 11.2. The van der Waals surface area contributed by atoms with Crippen molar-refractivity contribution in [3.63, 3.8) is 0 Å². The molecule has 21 heavy (non-hydrogen) atoms. The monoisotopic (exact) mass is 290 g/mol. The molecule has 3 nitrogen and oxygen atoms in total. The first-order valence-corrected chi connectivity index (χ1v) is 8.16. The second kappa shape index (κ2) is 6.91. The van der Waals surface area contributed by atoms with E-state index >= 15 is 0 Å². The molecule has 2 rings (SSSR count). The zero-order chi connectivity index (χ0) is 15.5. The highest BCUT2D eigenvalue weighted by molar-refractivity contribution is 5.27. The fourth-order valence-corrected chi connectivity index (χ4v) is 3.25. The lowest BCUT2D eigenvalue weighted by molar-refractivity contribution is -0.0371. The van der Waals surface area contributed by atoms with Crippen molar-refractivity contribution in [3.8, 4) is 0 Å². The molecule has 0 bridgehead atoms. The lowest BCUT2D eigenvalue weighted by atomic mass is 9.79. The Kier molecular flexibility index (Phi) is 5.42. The van der Waals surface area contributed by atoms with Crippen LogP contribution >= 0.6 is 0 Å². The summed E-state index contributed by atoms with van der Waals surface area (Å²) in [6, 6.07) is 8.36. The lowest BCUT2D eigenvalue weighted by Gasteiger charge is -2.39. The largest absolute Gasteiger partial charge is 0.385 e. The first kappa shape index (κ1) is 16.5. The van der Waals surface area contributed by atoms with Gasteiger partial charge in [0.15, 0.2) is 0 Å². The number of hydrogen-bond acceptors (Lipinski definition) is 3. The molecule has 1 aliphatic rings. The van der Waals surface area contributed by atoms with Crippen molar-refractivity contribution in [1.82, 2.24) is 9.80 Å². The number of aryl methyl sites for hydroxylation is 1. The molecular weight excluding hydrogens is 260 g/mol. The van der Waals surface area contributed by atoms with Crippen LogP contribution in [-0.2, 0) is 5.60 Å². The number of benzene rings is 1. The summed E-state index contributed by atoms with van der Waals surface area (Å²) in [5, 5.41) is 11.2. The van der Waals surface area contributed by atoms with Gasteiger partial charge in [0.2, 0.25) is 0 Å². The Labute approximate surface area is 129 Å². The minimum atomic E-state index is -0.725. The number of aliphatic hydroxyl groups is 1. The van der Waals surface area contributed by atoms with Crippen molar-refractivity contribution < 1.29 is 5.11 Å². The standard InChI is InChI=1S/C18H30N2O/c1-5-18(21,17-8-6-15(2)7-9-17)16(3)14-20-12-10-19(4)11-13-20/h6-9,16,21H,5,10-14H2,1-4H3. The highest BCUT2D eigenvalue weighted by atomic mass is 16.3. The van der Waals surface area contributed by atoms with E-state index in [0.717, 1.165) is 44.7 Å². The summed E-state index contributed by atoms with van der Waals surface area (Å²) < 4.78 is 0. The first-order chi connectivity index (χ1) is 9.95. The summed E-state index contributed by atoms with van der Waals surface area (Å²) in [5.74, 6) is 0.230. The van der Waals surface area contributed by atoms with Crippen molar-refractivity contribution in [3.05, 3.63) is 35.4 Å². The average molecular weight is 290 g/mol. The van der Waals surface area contributed by atoms with Crippen LogP contribution in [0.25, 0.3) is 0 Å². The number of rotatable bonds is 5. The van der Waals surface area contributed by atoms with E-state index in [1.54, 1.807) is 0 Å². The number of likely N-dealkylation sites (N-methyl/N-ethyl adjacent to an activating group) is 1.